The topological polar surface area (TPSA) is 34.1 Å². The van der Waals surface area contributed by atoms with Gasteiger partial charge in [-0.15, -0.1) is 0 Å². The van der Waals surface area contributed by atoms with Gasteiger partial charge in [-0.05, 0) is 35.9 Å². The zero-order chi connectivity index (χ0) is 14.4. The Bertz CT molecular complexity index is 543. The van der Waals surface area contributed by atoms with Crippen LogP contribution in [0.1, 0.15) is 25.1 Å². The van der Waals surface area contributed by atoms with E-state index < -0.39 is 0 Å². The molecule has 0 unspecified atom stereocenters. The van der Waals surface area contributed by atoms with Crippen molar-refractivity contribution < 1.29 is 4.74 Å². The van der Waals surface area contributed by atoms with Gasteiger partial charge < -0.3 is 10.1 Å². The Morgan fingerprint density at radius 3 is 2.80 bits per heavy atom. The quantitative estimate of drug-likeness (QED) is 0.869. The third kappa shape index (κ3) is 4.62. The van der Waals surface area contributed by atoms with Gasteiger partial charge in [0.2, 0.25) is 0 Å². The van der Waals surface area contributed by atoms with Gasteiger partial charge in [-0.25, -0.2) is 0 Å². The van der Waals surface area contributed by atoms with Gasteiger partial charge in [0.25, 0.3) is 0 Å². The highest BCUT2D eigenvalue weighted by Gasteiger charge is 2.04. The molecule has 0 aliphatic heterocycles. The number of nitrogens with one attached hydrogen (secondary N) is 1. The summed E-state index contributed by atoms with van der Waals surface area (Å²) in [5.74, 6) is 0.861. The fraction of sp³-hybridized carbons (Fsp3) is 0.312. The van der Waals surface area contributed by atoms with Crippen LogP contribution in [0.3, 0.4) is 0 Å². The van der Waals surface area contributed by atoms with E-state index in [4.69, 9.17) is 4.74 Å². The van der Waals surface area contributed by atoms with Gasteiger partial charge >= 0.3 is 0 Å². The van der Waals surface area contributed by atoms with E-state index in [1.807, 2.05) is 30.3 Å². The van der Waals surface area contributed by atoms with Crippen molar-refractivity contribution in [1.82, 2.24) is 10.3 Å². The number of pyridine rings is 1. The van der Waals surface area contributed by atoms with E-state index in [1.54, 1.807) is 6.20 Å². The van der Waals surface area contributed by atoms with Gasteiger partial charge in [0.15, 0.2) is 0 Å². The molecule has 0 atom stereocenters. The van der Waals surface area contributed by atoms with E-state index in [9.17, 15) is 0 Å². The number of benzene rings is 1. The van der Waals surface area contributed by atoms with Crippen LogP contribution in [0.15, 0.2) is 47.1 Å². The highest BCUT2D eigenvalue weighted by molar-refractivity contribution is 9.10. The second kappa shape index (κ2) is 7.41. The maximum Gasteiger partial charge on any atom is 0.130 e. The molecule has 2 aromatic rings. The first-order valence-electron chi connectivity index (χ1n) is 6.69. The van der Waals surface area contributed by atoms with Gasteiger partial charge in [-0.2, -0.15) is 0 Å². The van der Waals surface area contributed by atoms with Gasteiger partial charge in [-0.3, -0.25) is 4.98 Å². The minimum Gasteiger partial charge on any atom is -0.487 e. The Morgan fingerprint density at radius 2 is 2.10 bits per heavy atom. The fourth-order valence-electron chi connectivity index (χ4n) is 1.73. The minimum absolute atomic E-state index is 0.458. The molecule has 3 nitrogen and oxygen atoms in total. The summed E-state index contributed by atoms with van der Waals surface area (Å²) in [7, 11) is 0. The van der Waals surface area contributed by atoms with Crippen molar-refractivity contribution in [3.05, 3.63) is 58.3 Å². The van der Waals surface area contributed by atoms with Crippen molar-refractivity contribution in [3.8, 4) is 5.75 Å². The Hall–Kier alpha value is -1.39. The Labute approximate surface area is 128 Å². The molecule has 1 aromatic heterocycles. The van der Waals surface area contributed by atoms with Gasteiger partial charge in [0, 0.05) is 23.3 Å². The molecule has 1 N–H and O–H groups in total. The smallest absolute Gasteiger partial charge is 0.130 e. The maximum atomic E-state index is 5.78. The first-order valence-corrected chi connectivity index (χ1v) is 7.49. The van der Waals surface area contributed by atoms with Crippen LogP contribution in [0, 0.1) is 0 Å². The van der Waals surface area contributed by atoms with Crippen molar-refractivity contribution >= 4 is 15.9 Å². The normalized spacial score (nSPS) is 10.8. The number of hydrogen-bond acceptors (Lipinski definition) is 3. The van der Waals surface area contributed by atoms with Crippen molar-refractivity contribution in [3.63, 3.8) is 0 Å². The highest BCUT2D eigenvalue weighted by atomic mass is 79.9. The zero-order valence-corrected chi connectivity index (χ0v) is 13.4. The van der Waals surface area contributed by atoms with Gasteiger partial charge in [0.1, 0.15) is 12.4 Å². The molecule has 4 heteroatoms. The van der Waals surface area contributed by atoms with Gasteiger partial charge in [0.05, 0.1) is 5.69 Å². The third-order valence-electron chi connectivity index (χ3n) is 2.83. The molecule has 1 aromatic carbocycles. The molecule has 0 aliphatic rings. The third-order valence-corrected chi connectivity index (χ3v) is 3.60. The maximum absolute atomic E-state index is 5.78. The van der Waals surface area contributed by atoms with Crippen molar-refractivity contribution in [2.75, 3.05) is 0 Å². The van der Waals surface area contributed by atoms with Crippen LogP contribution in [0.25, 0.3) is 0 Å². The minimum atomic E-state index is 0.458. The molecule has 0 bridgehead atoms. The van der Waals surface area contributed by atoms with Crippen LogP contribution in [-0.4, -0.2) is 11.0 Å². The number of halogens is 1. The molecule has 2 rings (SSSR count). The fourth-order valence-corrected chi connectivity index (χ4v) is 2.12. The predicted octanol–water partition coefficient (Wildman–Crippen LogP) is 3.92. The van der Waals surface area contributed by atoms with Crippen LogP contribution >= 0.6 is 15.9 Å². The van der Waals surface area contributed by atoms with Crippen molar-refractivity contribution in [1.29, 1.82) is 0 Å². The van der Waals surface area contributed by atoms with E-state index in [0.717, 1.165) is 22.5 Å². The van der Waals surface area contributed by atoms with Gasteiger partial charge in [-0.1, -0.05) is 35.8 Å². The molecule has 0 saturated carbocycles. The lowest BCUT2D eigenvalue weighted by Gasteiger charge is -2.12. The molecule has 0 saturated heterocycles. The van der Waals surface area contributed by atoms with Crippen LogP contribution in [-0.2, 0) is 13.2 Å². The average molecular weight is 335 g/mol. The molecule has 0 fully saturated rings. The van der Waals surface area contributed by atoms with Crippen LogP contribution < -0.4 is 10.1 Å². The molecule has 1 heterocycles. The SMILES string of the molecule is CC(C)NCc1cc(OCc2ccccn2)ccc1Br. The Kier molecular flexibility index (Phi) is 5.56. The summed E-state index contributed by atoms with van der Waals surface area (Å²) in [6.07, 6.45) is 1.78. The largest absolute Gasteiger partial charge is 0.487 e. The summed E-state index contributed by atoms with van der Waals surface area (Å²) < 4.78 is 6.88. The number of rotatable bonds is 6. The van der Waals surface area contributed by atoms with E-state index in [0.29, 0.717) is 12.6 Å². The summed E-state index contributed by atoms with van der Waals surface area (Å²) in [6.45, 7) is 5.57. The number of hydrogen-bond donors (Lipinski definition) is 1. The summed E-state index contributed by atoms with van der Waals surface area (Å²) in [4.78, 5) is 4.25. The van der Waals surface area contributed by atoms with Crippen LogP contribution in [0.5, 0.6) is 5.75 Å². The zero-order valence-electron chi connectivity index (χ0n) is 11.8. The Morgan fingerprint density at radius 1 is 1.25 bits per heavy atom. The standard InChI is InChI=1S/C16H19BrN2O/c1-12(2)19-10-13-9-15(6-7-16(13)17)20-11-14-5-3-4-8-18-14/h3-9,12,19H,10-11H2,1-2H3. The monoisotopic (exact) mass is 334 g/mol. The molecule has 0 amide bonds. The summed E-state index contributed by atoms with van der Waals surface area (Å²) in [5, 5.41) is 3.41. The first-order chi connectivity index (χ1) is 9.65. The van der Waals surface area contributed by atoms with Crippen molar-refractivity contribution in [2.24, 2.45) is 0 Å². The first kappa shape index (κ1) is 15.0. The van der Waals surface area contributed by atoms with E-state index in [-0.39, 0.29) is 0 Å². The number of aromatic nitrogens is 1. The van der Waals surface area contributed by atoms with Crippen LogP contribution in [0.4, 0.5) is 0 Å². The molecule has 106 valence electrons. The molecular weight excluding hydrogens is 316 g/mol. The molecular formula is C16H19BrN2O. The van der Waals surface area contributed by atoms with E-state index >= 15 is 0 Å². The molecule has 0 aliphatic carbocycles. The lowest BCUT2D eigenvalue weighted by Crippen LogP contribution is -2.22. The number of ether oxygens (including phenoxy) is 1. The van der Waals surface area contributed by atoms with Crippen LogP contribution in [0.2, 0.25) is 0 Å². The second-order valence-electron chi connectivity index (χ2n) is 4.90. The lowest BCUT2D eigenvalue weighted by atomic mass is 10.2. The second-order valence-corrected chi connectivity index (χ2v) is 5.75. The lowest BCUT2D eigenvalue weighted by molar-refractivity contribution is 0.301. The molecule has 20 heavy (non-hydrogen) atoms. The number of nitrogens with zero attached hydrogens (tertiary/aromatic N) is 1. The molecule has 0 spiro atoms. The predicted molar refractivity (Wildman–Crippen MR) is 84.7 cm³/mol. The highest BCUT2D eigenvalue weighted by Crippen LogP contribution is 2.23. The van der Waals surface area contributed by atoms with E-state index in [2.05, 4.69) is 46.1 Å². The average Bonchev–Trinajstić information content (AvgIpc) is 2.46. The van der Waals surface area contributed by atoms with Crippen molar-refractivity contribution in [2.45, 2.75) is 33.0 Å². The molecule has 0 radical (unpaired) electrons. The summed E-state index contributed by atoms with van der Waals surface area (Å²) >= 11 is 3.57. The summed E-state index contributed by atoms with van der Waals surface area (Å²) in [5.41, 5.74) is 2.12. The summed E-state index contributed by atoms with van der Waals surface area (Å²) in [6, 6.07) is 12.3. The van der Waals surface area contributed by atoms with E-state index in [1.165, 1.54) is 5.56 Å². The Balaban J connectivity index is 2.00.